The van der Waals surface area contributed by atoms with Crippen LogP contribution in [-0.4, -0.2) is 17.0 Å². The predicted octanol–water partition coefficient (Wildman–Crippen LogP) is 4.57. The van der Waals surface area contributed by atoms with E-state index >= 15 is 0 Å². The van der Waals surface area contributed by atoms with Gasteiger partial charge in [0, 0.05) is 12.1 Å². The smallest absolute Gasteiger partial charge is 0.310 e. The monoisotopic (exact) mass is 331 g/mol. The number of benzene rings is 1. The quantitative estimate of drug-likeness (QED) is 0.751. The molecule has 0 atom stereocenters. The van der Waals surface area contributed by atoms with Crippen molar-refractivity contribution in [1.82, 2.24) is 0 Å². The predicted molar refractivity (Wildman–Crippen MR) is 96.2 cm³/mol. The van der Waals surface area contributed by atoms with Crippen molar-refractivity contribution in [3.63, 3.8) is 0 Å². The number of nitrogens with one attached hydrogen (secondary N) is 1. The van der Waals surface area contributed by atoms with Crippen LogP contribution in [0.15, 0.2) is 18.2 Å². The highest BCUT2D eigenvalue weighted by Gasteiger charge is 2.40. The van der Waals surface area contributed by atoms with Crippen LogP contribution in [0, 0.1) is 5.41 Å². The first-order chi connectivity index (χ1) is 11.5. The molecule has 132 valence electrons. The number of carboxylic acids is 1. The number of amides is 1. The molecule has 0 bridgehead atoms. The van der Waals surface area contributed by atoms with E-state index in [4.69, 9.17) is 0 Å². The van der Waals surface area contributed by atoms with E-state index in [0.29, 0.717) is 12.8 Å². The summed E-state index contributed by atoms with van der Waals surface area (Å²) in [6.45, 7) is 4.13. The third-order valence-corrected chi connectivity index (χ3v) is 5.28. The molecule has 2 N–H and O–H groups in total. The number of para-hydroxylation sites is 1. The summed E-state index contributed by atoms with van der Waals surface area (Å²) in [6.07, 6.45) is 6.88. The number of rotatable bonds is 6. The molecule has 24 heavy (non-hydrogen) atoms. The summed E-state index contributed by atoms with van der Waals surface area (Å²) >= 11 is 0. The van der Waals surface area contributed by atoms with Crippen LogP contribution in [-0.2, 0) is 22.4 Å². The minimum Gasteiger partial charge on any atom is -0.481 e. The highest BCUT2D eigenvalue weighted by atomic mass is 16.4. The number of carboxylic acid groups (broad SMARTS) is 1. The van der Waals surface area contributed by atoms with Crippen molar-refractivity contribution in [2.45, 2.75) is 71.6 Å². The summed E-state index contributed by atoms with van der Waals surface area (Å²) in [5, 5.41) is 12.8. The molecule has 0 aliphatic heterocycles. The first-order valence-corrected chi connectivity index (χ1v) is 9.16. The summed E-state index contributed by atoms with van der Waals surface area (Å²) in [4.78, 5) is 24.5. The summed E-state index contributed by atoms with van der Waals surface area (Å²) in [5.41, 5.74) is 2.19. The molecule has 1 aliphatic carbocycles. The zero-order valence-corrected chi connectivity index (χ0v) is 14.9. The van der Waals surface area contributed by atoms with Gasteiger partial charge in [0.1, 0.15) is 0 Å². The first kappa shape index (κ1) is 18.5. The topological polar surface area (TPSA) is 66.4 Å². The van der Waals surface area contributed by atoms with Crippen LogP contribution < -0.4 is 5.32 Å². The maximum atomic E-state index is 12.7. The molecule has 1 aromatic carbocycles. The molecule has 0 spiro atoms. The van der Waals surface area contributed by atoms with Gasteiger partial charge in [-0.15, -0.1) is 0 Å². The molecule has 1 aromatic rings. The standard InChI is InChI=1S/C20H29NO3/c1-3-15-10-9-11-16(4-2)18(15)21-17(22)14-20(19(23)24)12-7-5-6-8-13-20/h9-11H,3-8,12-14H2,1-2H3,(H,21,22)(H,23,24). The normalized spacial score (nSPS) is 17.1. The maximum absolute atomic E-state index is 12.7. The molecule has 0 heterocycles. The van der Waals surface area contributed by atoms with Gasteiger partial charge in [0.05, 0.1) is 5.41 Å². The van der Waals surface area contributed by atoms with Gasteiger partial charge in [-0.2, -0.15) is 0 Å². The van der Waals surface area contributed by atoms with Crippen LogP contribution >= 0.6 is 0 Å². The maximum Gasteiger partial charge on any atom is 0.310 e. The van der Waals surface area contributed by atoms with Crippen LogP contribution in [0.1, 0.15) is 69.9 Å². The Bertz CT molecular complexity index is 564. The van der Waals surface area contributed by atoms with E-state index < -0.39 is 11.4 Å². The number of aryl methyl sites for hydroxylation is 2. The molecule has 1 fully saturated rings. The molecule has 0 aromatic heterocycles. The highest BCUT2D eigenvalue weighted by molar-refractivity contribution is 5.95. The largest absolute Gasteiger partial charge is 0.481 e. The molecule has 4 nitrogen and oxygen atoms in total. The Kier molecular flexibility index (Phi) is 6.41. The van der Waals surface area contributed by atoms with E-state index in [9.17, 15) is 14.7 Å². The zero-order valence-electron chi connectivity index (χ0n) is 14.9. The Morgan fingerprint density at radius 1 is 1.04 bits per heavy atom. The lowest BCUT2D eigenvalue weighted by Gasteiger charge is -2.27. The second-order valence-electron chi connectivity index (χ2n) is 6.88. The molecule has 1 saturated carbocycles. The van der Waals surface area contributed by atoms with Crippen LogP contribution in [0.25, 0.3) is 0 Å². The lowest BCUT2D eigenvalue weighted by molar-refractivity contribution is -0.152. The number of carbonyl (C=O) groups is 2. The molecular formula is C20H29NO3. The van der Waals surface area contributed by atoms with Crippen molar-refractivity contribution in [3.8, 4) is 0 Å². The van der Waals surface area contributed by atoms with E-state index in [1.807, 2.05) is 18.2 Å². The second kappa shape index (κ2) is 8.32. The zero-order chi connectivity index (χ0) is 17.6. The van der Waals surface area contributed by atoms with Crippen molar-refractivity contribution >= 4 is 17.6 Å². The molecule has 0 unspecified atom stereocenters. The summed E-state index contributed by atoms with van der Waals surface area (Å²) < 4.78 is 0. The van der Waals surface area contributed by atoms with Gasteiger partial charge >= 0.3 is 5.97 Å². The van der Waals surface area contributed by atoms with E-state index in [1.165, 1.54) is 0 Å². The van der Waals surface area contributed by atoms with Gasteiger partial charge in [0.2, 0.25) is 5.91 Å². The van der Waals surface area contributed by atoms with Gasteiger partial charge in [-0.1, -0.05) is 57.7 Å². The first-order valence-electron chi connectivity index (χ1n) is 9.16. The third-order valence-electron chi connectivity index (χ3n) is 5.28. The number of aliphatic carboxylic acids is 1. The molecule has 0 saturated heterocycles. The molecule has 0 radical (unpaired) electrons. The van der Waals surface area contributed by atoms with Crippen molar-refractivity contribution in [2.75, 3.05) is 5.32 Å². The molecule has 1 amide bonds. The Hall–Kier alpha value is -1.84. The highest BCUT2D eigenvalue weighted by Crippen LogP contribution is 2.39. The molecule has 2 rings (SSSR count). The average molecular weight is 331 g/mol. The molecular weight excluding hydrogens is 302 g/mol. The van der Waals surface area contributed by atoms with Crippen LogP contribution in [0.4, 0.5) is 5.69 Å². The van der Waals surface area contributed by atoms with Crippen molar-refractivity contribution in [2.24, 2.45) is 5.41 Å². The summed E-state index contributed by atoms with van der Waals surface area (Å²) in [5.74, 6) is -0.992. The Labute approximate surface area is 144 Å². The van der Waals surface area contributed by atoms with Gasteiger partial charge in [-0.3, -0.25) is 9.59 Å². The van der Waals surface area contributed by atoms with Crippen LogP contribution in [0.5, 0.6) is 0 Å². The Balaban J connectivity index is 2.19. The van der Waals surface area contributed by atoms with Gasteiger partial charge in [-0.25, -0.2) is 0 Å². The summed E-state index contributed by atoms with van der Waals surface area (Å²) in [7, 11) is 0. The van der Waals surface area contributed by atoms with Crippen LogP contribution in [0.2, 0.25) is 0 Å². The minimum absolute atomic E-state index is 0.0730. The minimum atomic E-state index is -0.895. The number of carbonyl (C=O) groups excluding carboxylic acids is 1. The van der Waals surface area contributed by atoms with Crippen molar-refractivity contribution in [3.05, 3.63) is 29.3 Å². The molecule has 1 aliphatic rings. The fraction of sp³-hybridized carbons (Fsp3) is 0.600. The molecule has 4 heteroatoms. The number of hydrogen-bond donors (Lipinski definition) is 2. The third kappa shape index (κ3) is 4.16. The Morgan fingerprint density at radius 2 is 1.58 bits per heavy atom. The van der Waals surface area contributed by atoms with Gasteiger partial charge < -0.3 is 10.4 Å². The van der Waals surface area contributed by atoms with Gasteiger partial charge in [0.15, 0.2) is 0 Å². The van der Waals surface area contributed by atoms with Crippen LogP contribution in [0.3, 0.4) is 0 Å². The van der Waals surface area contributed by atoms with Crippen molar-refractivity contribution in [1.29, 1.82) is 0 Å². The van der Waals surface area contributed by atoms with E-state index in [1.54, 1.807) is 0 Å². The fourth-order valence-electron chi connectivity index (χ4n) is 3.77. The van der Waals surface area contributed by atoms with E-state index in [2.05, 4.69) is 19.2 Å². The number of hydrogen-bond acceptors (Lipinski definition) is 2. The lowest BCUT2D eigenvalue weighted by Crippen LogP contribution is -2.35. The fourth-order valence-corrected chi connectivity index (χ4v) is 3.77. The van der Waals surface area contributed by atoms with Gasteiger partial charge in [0.25, 0.3) is 0 Å². The van der Waals surface area contributed by atoms with E-state index in [-0.39, 0.29) is 12.3 Å². The summed E-state index contributed by atoms with van der Waals surface area (Å²) in [6, 6.07) is 6.05. The second-order valence-corrected chi connectivity index (χ2v) is 6.88. The Morgan fingerprint density at radius 3 is 2.04 bits per heavy atom. The van der Waals surface area contributed by atoms with Crippen molar-refractivity contribution < 1.29 is 14.7 Å². The van der Waals surface area contributed by atoms with E-state index in [0.717, 1.165) is 55.3 Å². The number of anilines is 1. The SMILES string of the molecule is CCc1cccc(CC)c1NC(=O)CC1(C(=O)O)CCCCCC1. The van der Waals surface area contributed by atoms with Gasteiger partial charge in [-0.05, 0) is 36.8 Å². The average Bonchev–Trinajstić information content (AvgIpc) is 2.81. The lowest BCUT2D eigenvalue weighted by atomic mass is 9.77.